The second-order valence-electron chi connectivity index (χ2n) is 4.93. The third-order valence-corrected chi connectivity index (χ3v) is 3.35. The van der Waals surface area contributed by atoms with Gasteiger partial charge >= 0.3 is 0 Å². The molecule has 0 saturated carbocycles. The Morgan fingerprint density at radius 3 is 2.41 bits per heavy atom. The second kappa shape index (κ2) is 6.72. The third-order valence-electron chi connectivity index (χ3n) is 3.35. The van der Waals surface area contributed by atoms with Crippen molar-refractivity contribution in [3.63, 3.8) is 0 Å². The Bertz CT molecular complexity index is 736. The fourth-order valence-electron chi connectivity index (χ4n) is 2.18. The summed E-state index contributed by atoms with van der Waals surface area (Å²) in [6, 6.07) is 21.3. The Labute approximate surface area is 128 Å². The lowest BCUT2D eigenvalue weighted by molar-refractivity contribution is 0.0917. The standard InChI is InChI=1S/C18H16N2O2/c21-18(19-12-11-14-7-3-1-4-8-14)17-13-16(20-22-17)15-9-5-2-6-10-15/h1-10,13H,11-12H2,(H,19,21). The summed E-state index contributed by atoms with van der Waals surface area (Å²) in [6.07, 6.45) is 0.784. The van der Waals surface area contributed by atoms with Gasteiger partial charge in [0.25, 0.3) is 5.91 Å². The minimum absolute atomic E-state index is 0.229. The van der Waals surface area contributed by atoms with Crippen LogP contribution in [0.5, 0.6) is 0 Å². The molecule has 22 heavy (non-hydrogen) atoms. The van der Waals surface area contributed by atoms with E-state index in [1.165, 1.54) is 5.56 Å². The van der Waals surface area contributed by atoms with E-state index in [4.69, 9.17) is 4.52 Å². The van der Waals surface area contributed by atoms with E-state index in [2.05, 4.69) is 10.5 Å². The maximum Gasteiger partial charge on any atom is 0.289 e. The number of aromatic nitrogens is 1. The van der Waals surface area contributed by atoms with Gasteiger partial charge in [-0.05, 0) is 12.0 Å². The molecule has 2 aromatic carbocycles. The van der Waals surface area contributed by atoms with Gasteiger partial charge in [-0.3, -0.25) is 4.79 Å². The summed E-state index contributed by atoms with van der Waals surface area (Å²) >= 11 is 0. The summed E-state index contributed by atoms with van der Waals surface area (Å²) in [4.78, 5) is 12.0. The van der Waals surface area contributed by atoms with Crippen LogP contribution < -0.4 is 5.32 Å². The maximum atomic E-state index is 12.0. The first kappa shape index (κ1) is 14.1. The van der Waals surface area contributed by atoms with Crippen molar-refractivity contribution in [1.82, 2.24) is 10.5 Å². The fraction of sp³-hybridized carbons (Fsp3) is 0.111. The highest BCUT2D eigenvalue weighted by Crippen LogP contribution is 2.18. The molecule has 0 aliphatic heterocycles. The quantitative estimate of drug-likeness (QED) is 0.785. The average molecular weight is 292 g/mol. The van der Waals surface area contributed by atoms with E-state index in [9.17, 15) is 4.79 Å². The first-order chi connectivity index (χ1) is 10.8. The Morgan fingerprint density at radius 2 is 1.68 bits per heavy atom. The van der Waals surface area contributed by atoms with E-state index in [1.54, 1.807) is 6.07 Å². The lowest BCUT2D eigenvalue weighted by atomic mass is 10.1. The van der Waals surface area contributed by atoms with Crippen LogP contribution in [0.25, 0.3) is 11.3 Å². The van der Waals surface area contributed by atoms with Crippen LogP contribution in [-0.2, 0) is 6.42 Å². The van der Waals surface area contributed by atoms with Crippen LogP contribution in [0, 0.1) is 0 Å². The van der Waals surface area contributed by atoms with E-state index in [0.29, 0.717) is 12.2 Å². The van der Waals surface area contributed by atoms with Crippen LogP contribution >= 0.6 is 0 Å². The van der Waals surface area contributed by atoms with Crippen molar-refractivity contribution < 1.29 is 9.32 Å². The number of nitrogens with one attached hydrogen (secondary N) is 1. The Morgan fingerprint density at radius 1 is 1.00 bits per heavy atom. The molecule has 4 heteroatoms. The molecule has 0 unspecified atom stereocenters. The topological polar surface area (TPSA) is 55.1 Å². The zero-order chi connectivity index (χ0) is 15.2. The smallest absolute Gasteiger partial charge is 0.289 e. The highest BCUT2D eigenvalue weighted by atomic mass is 16.5. The first-order valence-electron chi connectivity index (χ1n) is 7.17. The molecule has 0 aliphatic rings. The number of hydrogen-bond donors (Lipinski definition) is 1. The van der Waals surface area contributed by atoms with E-state index in [-0.39, 0.29) is 11.7 Å². The first-order valence-corrected chi connectivity index (χ1v) is 7.17. The van der Waals surface area contributed by atoms with Crippen LogP contribution in [0.2, 0.25) is 0 Å². The molecule has 0 radical (unpaired) electrons. The molecule has 0 atom stereocenters. The van der Waals surface area contributed by atoms with Gasteiger partial charge in [0.15, 0.2) is 0 Å². The molecule has 1 amide bonds. The van der Waals surface area contributed by atoms with Crippen molar-refractivity contribution in [1.29, 1.82) is 0 Å². The minimum Gasteiger partial charge on any atom is -0.350 e. The number of hydrogen-bond acceptors (Lipinski definition) is 3. The summed E-state index contributed by atoms with van der Waals surface area (Å²) < 4.78 is 5.12. The molecule has 110 valence electrons. The zero-order valence-corrected chi connectivity index (χ0v) is 12.0. The SMILES string of the molecule is O=C(NCCc1ccccc1)c1cc(-c2ccccc2)no1. The third kappa shape index (κ3) is 3.41. The molecule has 4 nitrogen and oxygen atoms in total. The summed E-state index contributed by atoms with van der Waals surface area (Å²) in [5.41, 5.74) is 2.77. The van der Waals surface area contributed by atoms with Crippen molar-refractivity contribution in [3.05, 3.63) is 78.1 Å². The Balaban J connectivity index is 1.58. The molecule has 1 aromatic heterocycles. The molecule has 0 saturated heterocycles. The highest BCUT2D eigenvalue weighted by molar-refractivity contribution is 5.92. The largest absolute Gasteiger partial charge is 0.350 e. The Kier molecular flexibility index (Phi) is 4.30. The zero-order valence-electron chi connectivity index (χ0n) is 12.0. The molecular formula is C18H16N2O2. The molecule has 0 fully saturated rings. The van der Waals surface area contributed by atoms with Crippen molar-refractivity contribution in [3.8, 4) is 11.3 Å². The van der Waals surface area contributed by atoms with E-state index in [0.717, 1.165) is 12.0 Å². The van der Waals surface area contributed by atoms with E-state index < -0.39 is 0 Å². The van der Waals surface area contributed by atoms with Crippen LogP contribution in [0.15, 0.2) is 71.3 Å². The maximum absolute atomic E-state index is 12.0. The van der Waals surface area contributed by atoms with Crippen molar-refractivity contribution in [2.24, 2.45) is 0 Å². The van der Waals surface area contributed by atoms with Gasteiger partial charge in [0, 0.05) is 18.2 Å². The van der Waals surface area contributed by atoms with Gasteiger partial charge in [-0.2, -0.15) is 0 Å². The second-order valence-corrected chi connectivity index (χ2v) is 4.93. The molecule has 3 aromatic rings. The molecular weight excluding hydrogens is 276 g/mol. The fourth-order valence-corrected chi connectivity index (χ4v) is 2.18. The van der Waals surface area contributed by atoms with Gasteiger partial charge in [0.05, 0.1) is 0 Å². The summed E-state index contributed by atoms with van der Waals surface area (Å²) in [5.74, 6) is -0.0162. The average Bonchev–Trinajstić information content (AvgIpc) is 3.07. The minimum atomic E-state index is -0.245. The molecule has 3 rings (SSSR count). The van der Waals surface area contributed by atoms with Crippen molar-refractivity contribution in [2.75, 3.05) is 6.54 Å². The van der Waals surface area contributed by atoms with Gasteiger partial charge in [0.2, 0.25) is 5.76 Å². The van der Waals surface area contributed by atoms with Gasteiger partial charge < -0.3 is 9.84 Å². The number of nitrogens with zero attached hydrogens (tertiary/aromatic N) is 1. The number of amides is 1. The lowest BCUT2D eigenvalue weighted by Gasteiger charge is -2.02. The van der Waals surface area contributed by atoms with E-state index >= 15 is 0 Å². The van der Waals surface area contributed by atoms with Crippen LogP contribution in [0.4, 0.5) is 0 Å². The normalized spacial score (nSPS) is 10.4. The van der Waals surface area contributed by atoms with Gasteiger partial charge in [-0.25, -0.2) is 0 Å². The van der Waals surface area contributed by atoms with Crippen LogP contribution in [0.1, 0.15) is 16.1 Å². The van der Waals surface area contributed by atoms with Gasteiger partial charge in [-0.15, -0.1) is 0 Å². The lowest BCUT2D eigenvalue weighted by Crippen LogP contribution is -2.25. The number of carbonyl (C=O) groups excluding carboxylic acids is 1. The van der Waals surface area contributed by atoms with Crippen LogP contribution in [-0.4, -0.2) is 17.6 Å². The molecule has 1 heterocycles. The van der Waals surface area contributed by atoms with Crippen molar-refractivity contribution >= 4 is 5.91 Å². The molecule has 0 bridgehead atoms. The molecule has 0 aliphatic carbocycles. The Hall–Kier alpha value is -2.88. The summed E-state index contributed by atoms with van der Waals surface area (Å²) in [6.45, 7) is 0.560. The number of carbonyl (C=O) groups is 1. The predicted molar refractivity (Wildman–Crippen MR) is 84.4 cm³/mol. The van der Waals surface area contributed by atoms with Gasteiger partial charge in [-0.1, -0.05) is 65.8 Å². The highest BCUT2D eigenvalue weighted by Gasteiger charge is 2.13. The number of rotatable bonds is 5. The summed E-state index contributed by atoms with van der Waals surface area (Å²) in [7, 11) is 0. The van der Waals surface area contributed by atoms with Crippen LogP contribution in [0.3, 0.4) is 0 Å². The monoisotopic (exact) mass is 292 g/mol. The molecule has 1 N–H and O–H groups in total. The number of benzene rings is 2. The van der Waals surface area contributed by atoms with Crippen molar-refractivity contribution in [2.45, 2.75) is 6.42 Å². The summed E-state index contributed by atoms with van der Waals surface area (Å²) in [5, 5.41) is 6.78. The predicted octanol–water partition coefficient (Wildman–Crippen LogP) is 3.31. The van der Waals surface area contributed by atoms with Gasteiger partial charge in [0.1, 0.15) is 5.69 Å². The van der Waals surface area contributed by atoms with E-state index in [1.807, 2.05) is 60.7 Å². The molecule has 0 spiro atoms.